The van der Waals surface area contributed by atoms with Crippen molar-refractivity contribution in [2.24, 2.45) is 11.3 Å². The van der Waals surface area contributed by atoms with Crippen molar-refractivity contribution in [1.29, 1.82) is 0 Å². The third-order valence-electron chi connectivity index (χ3n) is 6.99. The van der Waals surface area contributed by atoms with Gasteiger partial charge in [-0.1, -0.05) is 69.3 Å². The van der Waals surface area contributed by atoms with E-state index in [0.29, 0.717) is 6.42 Å². The maximum atomic E-state index is 13.2. The van der Waals surface area contributed by atoms with Crippen LogP contribution >= 0.6 is 0 Å². The minimum Gasteiger partial charge on any atom is -0.480 e. The number of fused-ring (bicyclic) bond motifs is 3. The van der Waals surface area contributed by atoms with Crippen LogP contribution < -0.4 is 10.6 Å². The highest BCUT2D eigenvalue weighted by Gasteiger charge is 2.49. The number of hydrogen-bond donors (Lipinski definition) is 3. The summed E-state index contributed by atoms with van der Waals surface area (Å²) in [5.41, 5.74) is 2.85. The maximum Gasteiger partial charge on any atom is 0.407 e. The molecule has 3 N–H and O–H groups in total. The summed E-state index contributed by atoms with van der Waals surface area (Å²) in [6.45, 7) is 7.56. The van der Waals surface area contributed by atoms with Gasteiger partial charge in [-0.25, -0.2) is 9.59 Å². The van der Waals surface area contributed by atoms with Gasteiger partial charge in [0.1, 0.15) is 18.2 Å². The average Bonchev–Trinajstić information content (AvgIpc) is 3.60. The second kappa shape index (κ2) is 9.36. The molecule has 0 spiro atoms. The second-order valence-electron chi connectivity index (χ2n) is 11.1. The highest BCUT2D eigenvalue weighted by molar-refractivity contribution is 5.91. The Balaban J connectivity index is 1.45. The standard InChI is InChI=1S/C28H34N2O5/c1-27(2,3)15-23(24(31)30-28(4,25(32)33)17-13-14-17)29-26(34)35-16-22-20-11-7-5-9-18(20)19-10-6-8-12-21(19)22/h5-12,17,22-23H,13-16H2,1-4H3,(H,29,34)(H,30,31)(H,32,33). The normalized spacial score (nSPS) is 17.5. The molecule has 2 atom stereocenters. The van der Waals surface area contributed by atoms with Crippen LogP contribution in [0.3, 0.4) is 0 Å². The molecule has 35 heavy (non-hydrogen) atoms. The lowest BCUT2D eigenvalue weighted by Crippen LogP contribution is -2.59. The summed E-state index contributed by atoms with van der Waals surface area (Å²) in [7, 11) is 0. The Labute approximate surface area is 206 Å². The Kier molecular flexibility index (Phi) is 6.62. The fourth-order valence-corrected chi connectivity index (χ4v) is 4.94. The zero-order chi connectivity index (χ0) is 25.4. The summed E-state index contributed by atoms with van der Waals surface area (Å²) in [5.74, 6) is -1.77. The van der Waals surface area contributed by atoms with Gasteiger partial charge in [-0.05, 0) is 59.8 Å². The zero-order valence-corrected chi connectivity index (χ0v) is 20.8. The molecule has 186 valence electrons. The van der Waals surface area contributed by atoms with Crippen molar-refractivity contribution in [3.05, 3.63) is 59.7 Å². The number of ether oxygens (including phenoxy) is 1. The second-order valence-corrected chi connectivity index (χ2v) is 11.1. The molecule has 4 rings (SSSR count). The number of carbonyl (C=O) groups is 3. The molecular formula is C28H34N2O5. The monoisotopic (exact) mass is 478 g/mol. The summed E-state index contributed by atoms with van der Waals surface area (Å²) in [5, 5.41) is 15.1. The van der Waals surface area contributed by atoms with Crippen molar-refractivity contribution in [3.8, 4) is 11.1 Å². The summed E-state index contributed by atoms with van der Waals surface area (Å²) < 4.78 is 5.63. The molecule has 0 saturated heterocycles. The molecule has 0 aliphatic heterocycles. The lowest BCUT2D eigenvalue weighted by molar-refractivity contribution is -0.148. The van der Waals surface area contributed by atoms with E-state index in [1.54, 1.807) is 0 Å². The van der Waals surface area contributed by atoms with Gasteiger partial charge in [-0.3, -0.25) is 4.79 Å². The first-order valence-electron chi connectivity index (χ1n) is 12.2. The first kappa shape index (κ1) is 24.8. The third kappa shape index (κ3) is 5.34. The third-order valence-corrected chi connectivity index (χ3v) is 6.99. The van der Waals surface area contributed by atoms with Gasteiger partial charge >= 0.3 is 12.1 Å². The van der Waals surface area contributed by atoms with Crippen LogP contribution in [-0.4, -0.2) is 41.3 Å². The Morgan fingerprint density at radius 2 is 1.51 bits per heavy atom. The predicted molar refractivity (Wildman–Crippen MR) is 133 cm³/mol. The van der Waals surface area contributed by atoms with Crippen molar-refractivity contribution in [2.75, 3.05) is 6.61 Å². The van der Waals surface area contributed by atoms with E-state index < -0.39 is 29.6 Å². The van der Waals surface area contributed by atoms with Crippen LogP contribution in [0.15, 0.2) is 48.5 Å². The van der Waals surface area contributed by atoms with Crippen LogP contribution in [-0.2, 0) is 14.3 Å². The van der Waals surface area contributed by atoms with Crippen LogP contribution in [0.2, 0.25) is 0 Å². The number of rotatable bonds is 8. The van der Waals surface area contributed by atoms with Crippen LogP contribution in [0.5, 0.6) is 0 Å². The van der Waals surface area contributed by atoms with E-state index in [1.807, 2.05) is 57.2 Å². The Bertz CT molecular complexity index is 1090. The first-order chi connectivity index (χ1) is 16.5. The van der Waals surface area contributed by atoms with Gasteiger partial charge < -0.3 is 20.5 Å². The summed E-state index contributed by atoms with van der Waals surface area (Å²) in [6, 6.07) is 15.2. The van der Waals surface area contributed by atoms with Gasteiger partial charge in [0.25, 0.3) is 0 Å². The van der Waals surface area contributed by atoms with Gasteiger partial charge in [0.05, 0.1) is 0 Å². The number of alkyl carbamates (subject to hydrolysis) is 1. The molecule has 7 nitrogen and oxygen atoms in total. The summed E-state index contributed by atoms with van der Waals surface area (Å²) >= 11 is 0. The van der Waals surface area contributed by atoms with Crippen molar-refractivity contribution >= 4 is 18.0 Å². The smallest absolute Gasteiger partial charge is 0.407 e. The van der Waals surface area contributed by atoms with E-state index >= 15 is 0 Å². The number of amides is 2. The summed E-state index contributed by atoms with van der Waals surface area (Å²) in [4.78, 5) is 37.9. The lowest BCUT2D eigenvalue weighted by Gasteiger charge is -2.31. The van der Waals surface area contributed by atoms with Gasteiger partial charge in [0.2, 0.25) is 5.91 Å². The van der Waals surface area contributed by atoms with Gasteiger partial charge in [0, 0.05) is 5.92 Å². The number of hydrogen-bond acceptors (Lipinski definition) is 4. The van der Waals surface area contributed by atoms with Crippen LogP contribution in [0.4, 0.5) is 4.79 Å². The van der Waals surface area contributed by atoms with E-state index in [-0.39, 0.29) is 23.9 Å². The SMILES string of the molecule is CC(C)(C)CC(NC(=O)OCC1c2ccccc2-c2ccccc21)C(=O)NC(C)(C(=O)O)C1CC1. The molecule has 0 radical (unpaired) electrons. The van der Waals surface area contributed by atoms with Crippen LogP contribution in [0.25, 0.3) is 11.1 Å². The van der Waals surface area contributed by atoms with Gasteiger partial charge in [-0.2, -0.15) is 0 Å². The fraction of sp³-hybridized carbons (Fsp3) is 0.464. The number of carboxylic acid groups (broad SMARTS) is 1. The molecular weight excluding hydrogens is 444 g/mol. The molecule has 7 heteroatoms. The van der Waals surface area contributed by atoms with E-state index in [4.69, 9.17) is 4.74 Å². The zero-order valence-electron chi connectivity index (χ0n) is 20.8. The quantitative estimate of drug-likeness (QED) is 0.510. The number of carboxylic acids is 1. The molecule has 1 fully saturated rings. The molecule has 2 aliphatic rings. The van der Waals surface area contributed by atoms with Crippen molar-refractivity contribution < 1.29 is 24.2 Å². The highest BCUT2D eigenvalue weighted by Crippen LogP contribution is 2.44. The van der Waals surface area contributed by atoms with Gasteiger partial charge in [-0.15, -0.1) is 0 Å². The van der Waals surface area contributed by atoms with E-state index in [2.05, 4.69) is 22.8 Å². The molecule has 0 aromatic heterocycles. The largest absolute Gasteiger partial charge is 0.480 e. The lowest BCUT2D eigenvalue weighted by atomic mass is 9.87. The minimum absolute atomic E-state index is 0.0896. The average molecular weight is 479 g/mol. The predicted octanol–water partition coefficient (Wildman–Crippen LogP) is 4.70. The Hall–Kier alpha value is -3.35. The van der Waals surface area contributed by atoms with E-state index in [0.717, 1.165) is 35.1 Å². The van der Waals surface area contributed by atoms with Crippen molar-refractivity contribution in [1.82, 2.24) is 10.6 Å². The molecule has 2 aliphatic carbocycles. The molecule has 1 saturated carbocycles. The number of carbonyl (C=O) groups excluding carboxylic acids is 2. The first-order valence-corrected chi connectivity index (χ1v) is 12.2. The number of benzene rings is 2. The summed E-state index contributed by atoms with van der Waals surface area (Å²) in [6.07, 6.45) is 1.16. The Morgan fingerprint density at radius 1 is 0.971 bits per heavy atom. The van der Waals surface area contributed by atoms with Crippen molar-refractivity contribution in [3.63, 3.8) is 0 Å². The molecule has 0 bridgehead atoms. The van der Waals surface area contributed by atoms with Crippen LogP contribution in [0.1, 0.15) is 64.0 Å². The fourth-order valence-electron chi connectivity index (χ4n) is 4.94. The number of aliphatic carboxylic acids is 1. The highest BCUT2D eigenvalue weighted by atomic mass is 16.5. The van der Waals surface area contributed by atoms with Crippen LogP contribution in [0, 0.1) is 11.3 Å². The minimum atomic E-state index is -1.35. The van der Waals surface area contributed by atoms with E-state index in [9.17, 15) is 19.5 Å². The topological polar surface area (TPSA) is 105 Å². The molecule has 0 heterocycles. The Morgan fingerprint density at radius 3 is 2.00 bits per heavy atom. The molecule has 2 unspecified atom stereocenters. The van der Waals surface area contributed by atoms with Gasteiger partial charge in [0.15, 0.2) is 0 Å². The molecule has 2 amide bonds. The van der Waals surface area contributed by atoms with Crippen molar-refractivity contribution in [2.45, 2.75) is 64.5 Å². The maximum absolute atomic E-state index is 13.2. The number of nitrogens with one attached hydrogen (secondary N) is 2. The molecule has 2 aromatic rings. The van der Waals surface area contributed by atoms with E-state index in [1.165, 1.54) is 6.92 Å². The molecule has 2 aromatic carbocycles.